The predicted octanol–water partition coefficient (Wildman–Crippen LogP) is 2.90. The van der Waals surface area contributed by atoms with Gasteiger partial charge in [-0.15, -0.1) is 0 Å². The van der Waals surface area contributed by atoms with E-state index in [1.165, 1.54) is 70.0 Å². The molecule has 2 unspecified atom stereocenters. The largest absolute Gasteiger partial charge is 0.381 e. The van der Waals surface area contributed by atoms with E-state index in [0.717, 1.165) is 25.1 Å². The molecular weight excluding hydrogens is 374 g/mol. The lowest BCUT2D eigenvalue weighted by atomic mass is 9.52. The van der Waals surface area contributed by atoms with Gasteiger partial charge in [-0.25, -0.2) is 9.97 Å². The highest BCUT2D eigenvalue weighted by atomic mass is 16.5. The molecule has 3 saturated heterocycles. The molecule has 2 aliphatic carbocycles. The summed E-state index contributed by atoms with van der Waals surface area (Å²) in [4.78, 5) is 17.4. The Kier molecular flexibility index (Phi) is 4.81. The molecule has 6 nitrogen and oxygen atoms in total. The smallest absolute Gasteiger partial charge is 0.225 e. The molecule has 6 heteroatoms. The number of likely N-dealkylation sites (N-methyl/N-ethyl adjacent to an activating group) is 1. The summed E-state index contributed by atoms with van der Waals surface area (Å²) in [5, 5.41) is 0. The van der Waals surface area contributed by atoms with E-state index in [-0.39, 0.29) is 0 Å². The van der Waals surface area contributed by atoms with Crippen molar-refractivity contribution in [1.82, 2.24) is 19.8 Å². The van der Waals surface area contributed by atoms with Crippen molar-refractivity contribution >= 4 is 5.95 Å². The minimum atomic E-state index is 0.542. The number of aromatic nitrogens is 2. The van der Waals surface area contributed by atoms with Gasteiger partial charge < -0.3 is 19.4 Å². The minimum absolute atomic E-state index is 0.542. The van der Waals surface area contributed by atoms with Gasteiger partial charge in [0.05, 0.1) is 6.10 Å². The van der Waals surface area contributed by atoms with Gasteiger partial charge in [0.15, 0.2) is 0 Å². The van der Waals surface area contributed by atoms with Gasteiger partial charge in [0.1, 0.15) is 0 Å². The lowest BCUT2D eigenvalue weighted by molar-refractivity contribution is -0.137. The minimum Gasteiger partial charge on any atom is -0.381 e. The molecule has 5 fully saturated rings. The normalized spacial score (nSPS) is 39.9. The van der Waals surface area contributed by atoms with E-state index in [9.17, 15) is 0 Å². The molecule has 2 bridgehead atoms. The first kappa shape index (κ1) is 19.4. The van der Waals surface area contributed by atoms with Gasteiger partial charge in [0.25, 0.3) is 0 Å². The van der Waals surface area contributed by atoms with Crippen molar-refractivity contribution in [2.75, 3.05) is 45.2 Å². The third-order valence-electron chi connectivity index (χ3n) is 9.06. The monoisotopic (exact) mass is 411 g/mol. The van der Waals surface area contributed by atoms with Gasteiger partial charge in [0.2, 0.25) is 5.95 Å². The third-order valence-corrected chi connectivity index (χ3v) is 9.06. The van der Waals surface area contributed by atoms with E-state index in [2.05, 4.69) is 34.1 Å². The van der Waals surface area contributed by atoms with Gasteiger partial charge in [-0.3, -0.25) is 0 Å². The van der Waals surface area contributed by atoms with Gasteiger partial charge in [-0.2, -0.15) is 0 Å². The Hall–Kier alpha value is -1.24. The van der Waals surface area contributed by atoms with E-state index in [1.807, 2.05) is 7.11 Å². The fourth-order valence-corrected chi connectivity index (χ4v) is 7.32. The van der Waals surface area contributed by atoms with Crippen LogP contribution in [0.2, 0.25) is 0 Å². The fraction of sp³-hybridized carbons (Fsp3) is 0.833. The number of piperazine rings is 1. The van der Waals surface area contributed by atoms with Crippen molar-refractivity contribution in [3.63, 3.8) is 0 Å². The molecule has 4 heterocycles. The zero-order chi connectivity index (χ0) is 20.3. The average Bonchev–Trinajstić information content (AvgIpc) is 2.98. The maximum absolute atomic E-state index is 5.50. The summed E-state index contributed by atoms with van der Waals surface area (Å²) in [6, 6.07) is 2.03. The topological polar surface area (TPSA) is 44.7 Å². The van der Waals surface area contributed by atoms with Gasteiger partial charge >= 0.3 is 0 Å². The van der Waals surface area contributed by atoms with E-state index >= 15 is 0 Å². The summed E-state index contributed by atoms with van der Waals surface area (Å²) >= 11 is 0. The number of piperidine rings is 1. The second kappa shape index (κ2) is 7.42. The average molecular weight is 412 g/mol. The first-order chi connectivity index (χ1) is 14.6. The van der Waals surface area contributed by atoms with Crippen molar-refractivity contribution in [3.05, 3.63) is 18.0 Å². The highest BCUT2D eigenvalue weighted by Crippen LogP contribution is 2.58. The first-order valence-corrected chi connectivity index (χ1v) is 12.2. The Morgan fingerprint density at radius 2 is 1.53 bits per heavy atom. The molecule has 6 rings (SSSR count). The summed E-state index contributed by atoms with van der Waals surface area (Å²) in [5.41, 5.74) is 2.00. The SMILES string of the molecule is COC1CC2(C1)CC(N1CCC(c3cnc(N4C5CCC4CN(C)C5)nc3)CC1)C2. The standard InChI is InChI=1S/C24H37N5O/c1-27-15-19-3-4-20(16-27)29(19)23-25-13-18(14-26-23)17-5-7-28(8-6-17)21-9-24(10-21)11-22(12-24)30-2/h13-14,17,19-22H,3-12,15-16H2,1-2H3. The number of hydrogen-bond acceptors (Lipinski definition) is 6. The maximum atomic E-state index is 5.50. The summed E-state index contributed by atoms with van der Waals surface area (Å²) in [5.74, 6) is 1.60. The van der Waals surface area contributed by atoms with Crippen LogP contribution >= 0.6 is 0 Å². The molecule has 0 aromatic carbocycles. The Morgan fingerprint density at radius 1 is 0.900 bits per heavy atom. The molecule has 1 spiro atoms. The quantitative estimate of drug-likeness (QED) is 0.759. The van der Waals surface area contributed by atoms with Crippen molar-refractivity contribution in [2.45, 2.75) is 81.5 Å². The number of methoxy groups -OCH3 is 1. The molecule has 3 aliphatic heterocycles. The van der Waals surface area contributed by atoms with Crippen LogP contribution < -0.4 is 4.90 Å². The van der Waals surface area contributed by atoms with Crippen LogP contribution in [0.15, 0.2) is 12.4 Å². The molecule has 2 saturated carbocycles. The number of anilines is 1. The van der Waals surface area contributed by atoms with Gasteiger partial charge in [-0.1, -0.05) is 0 Å². The summed E-state index contributed by atoms with van der Waals surface area (Å²) in [6.45, 7) is 4.77. The Bertz CT molecular complexity index is 733. The van der Waals surface area contributed by atoms with Crippen LogP contribution in [-0.2, 0) is 4.74 Å². The molecule has 0 radical (unpaired) electrons. The molecule has 2 atom stereocenters. The Balaban J connectivity index is 1.02. The number of rotatable bonds is 4. The fourth-order valence-electron chi connectivity index (χ4n) is 7.32. The number of hydrogen-bond donors (Lipinski definition) is 0. The second-order valence-electron chi connectivity index (χ2n) is 11.0. The first-order valence-electron chi connectivity index (χ1n) is 12.2. The Morgan fingerprint density at radius 3 is 2.13 bits per heavy atom. The summed E-state index contributed by atoms with van der Waals surface area (Å²) in [6.07, 6.45) is 15.3. The zero-order valence-electron chi connectivity index (χ0n) is 18.7. The molecule has 5 aliphatic rings. The molecule has 1 aromatic rings. The lowest BCUT2D eigenvalue weighted by Crippen LogP contribution is -2.59. The van der Waals surface area contributed by atoms with E-state index in [0.29, 0.717) is 29.5 Å². The van der Waals surface area contributed by atoms with Crippen molar-refractivity contribution in [2.24, 2.45) is 5.41 Å². The van der Waals surface area contributed by atoms with Crippen LogP contribution in [0.4, 0.5) is 5.95 Å². The highest BCUT2D eigenvalue weighted by molar-refractivity contribution is 5.38. The number of nitrogens with zero attached hydrogens (tertiary/aromatic N) is 5. The number of likely N-dealkylation sites (tertiary alicyclic amines) is 2. The van der Waals surface area contributed by atoms with Crippen LogP contribution in [0.3, 0.4) is 0 Å². The van der Waals surface area contributed by atoms with Crippen molar-refractivity contribution in [1.29, 1.82) is 0 Å². The van der Waals surface area contributed by atoms with E-state index in [1.54, 1.807) is 0 Å². The second-order valence-corrected chi connectivity index (χ2v) is 11.0. The predicted molar refractivity (Wildman–Crippen MR) is 118 cm³/mol. The molecule has 0 amide bonds. The molecule has 164 valence electrons. The summed E-state index contributed by atoms with van der Waals surface area (Å²) < 4.78 is 5.50. The molecule has 1 aromatic heterocycles. The third kappa shape index (κ3) is 3.26. The lowest BCUT2D eigenvalue weighted by Gasteiger charge is -2.60. The number of ether oxygens (including phenoxy) is 1. The maximum Gasteiger partial charge on any atom is 0.225 e. The highest BCUT2D eigenvalue weighted by Gasteiger charge is 2.54. The Labute approximate surface area is 181 Å². The molecular formula is C24H37N5O. The van der Waals surface area contributed by atoms with Gasteiger partial charge in [0, 0.05) is 50.7 Å². The van der Waals surface area contributed by atoms with Crippen LogP contribution in [0.25, 0.3) is 0 Å². The van der Waals surface area contributed by atoms with Crippen LogP contribution in [0.5, 0.6) is 0 Å². The van der Waals surface area contributed by atoms with E-state index < -0.39 is 0 Å². The van der Waals surface area contributed by atoms with Gasteiger partial charge in [-0.05, 0) is 88.4 Å². The molecule has 0 N–H and O–H groups in total. The van der Waals surface area contributed by atoms with Crippen LogP contribution in [0.1, 0.15) is 62.8 Å². The number of fused-ring (bicyclic) bond motifs is 2. The molecule has 30 heavy (non-hydrogen) atoms. The van der Waals surface area contributed by atoms with Crippen molar-refractivity contribution < 1.29 is 4.74 Å². The van der Waals surface area contributed by atoms with E-state index in [4.69, 9.17) is 14.7 Å². The van der Waals surface area contributed by atoms with Crippen LogP contribution in [0, 0.1) is 5.41 Å². The summed E-state index contributed by atoms with van der Waals surface area (Å²) in [7, 11) is 4.11. The zero-order valence-corrected chi connectivity index (χ0v) is 18.7. The van der Waals surface area contributed by atoms with Crippen LogP contribution in [-0.4, -0.2) is 84.3 Å². The van der Waals surface area contributed by atoms with Crippen molar-refractivity contribution in [3.8, 4) is 0 Å².